The van der Waals surface area contributed by atoms with Crippen LogP contribution >= 0.6 is 0 Å². The Morgan fingerprint density at radius 3 is 0.957 bits per heavy atom. The largest absolute Gasteiger partial charge is 0.491 e. The van der Waals surface area contributed by atoms with E-state index in [-0.39, 0.29) is 41.3 Å². The first-order chi connectivity index (χ1) is 31.7. The van der Waals surface area contributed by atoms with E-state index in [0.29, 0.717) is 66.6 Å². The van der Waals surface area contributed by atoms with Crippen LogP contribution in [0.2, 0.25) is 0 Å². The van der Waals surface area contributed by atoms with Crippen molar-refractivity contribution in [2.75, 3.05) is 52.2 Å². The molecule has 1 heterocycles. The summed E-state index contributed by atoms with van der Waals surface area (Å²) < 4.78 is 85.9. The van der Waals surface area contributed by atoms with E-state index in [1.165, 1.54) is 0 Å². The number of hydrogen-bond donors (Lipinski definition) is 2. The summed E-state index contributed by atoms with van der Waals surface area (Å²) in [7, 11) is -7.81. The molecule has 69 heavy (non-hydrogen) atoms. The molecule has 2 N–H and O–H groups in total. The second-order valence-electron chi connectivity index (χ2n) is 22.7. The Bertz CT molecular complexity index is 2650. The number of sulfonamides is 2. The molecule has 0 fully saturated rings. The normalized spacial score (nSPS) is 15.0. The lowest BCUT2D eigenvalue weighted by molar-refractivity contribution is -0.122. The van der Waals surface area contributed by atoms with E-state index in [4.69, 9.17) is 23.7 Å². The Kier molecular flexibility index (Phi) is 15.4. The van der Waals surface area contributed by atoms with E-state index in [1.807, 2.05) is 21.6 Å². The van der Waals surface area contributed by atoms with Crippen LogP contribution in [0.4, 0.5) is 0 Å². The highest BCUT2D eigenvalue weighted by atomic mass is 32.2. The lowest BCUT2D eigenvalue weighted by Gasteiger charge is -2.29. The molecule has 0 aromatic heterocycles. The Balaban J connectivity index is 1.79. The summed E-state index contributed by atoms with van der Waals surface area (Å²) in [5.41, 5.74) is 9.30. The summed E-state index contributed by atoms with van der Waals surface area (Å²) in [4.78, 5) is 26.6. The quantitative estimate of drug-likeness (QED) is 0.153. The molecule has 10 bridgehead atoms. The third kappa shape index (κ3) is 14.0. The number of hydrogen-bond acceptors (Lipinski definition) is 11. The molecule has 4 aromatic rings. The molecule has 2 aliphatic rings. The predicted molar refractivity (Wildman–Crippen MR) is 271 cm³/mol. The summed E-state index contributed by atoms with van der Waals surface area (Å²) in [6.45, 7) is 25.8. The van der Waals surface area contributed by atoms with E-state index < -0.39 is 45.1 Å². The van der Waals surface area contributed by atoms with Crippen molar-refractivity contribution >= 4 is 31.9 Å². The summed E-state index contributed by atoms with van der Waals surface area (Å²) in [6, 6.07) is 17.1. The number of fused-ring (bicyclic) bond motifs is 4. The van der Waals surface area contributed by atoms with Gasteiger partial charge >= 0.3 is 0 Å². The van der Waals surface area contributed by atoms with Gasteiger partial charge in [-0.2, -0.15) is 0 Å². The van der Waals surface area contributed by atoms with E-state index in [1.54, 1.807) is 0 Å². The first-order valence-electron chi connectivity index (χ1n) is 23.5. The van der Waals surface area contributed by atoms with Gasteiger partial charge in [-0.05, 0) is 88.4 Å². The van der Waals surface area contributed by atoms with Crippen molar-refractivity contribution in [2.24, 2.45) is 0 Å². The average molecular weight is 989 g/mol. The topological polar surface area (TPSA) is 173 Å². The van der Waals surface area contributed by atoms with Crippen molar-refractivity contribution in [3.05, 3.63) is 115 Å². The molecule has 4 aromatic carbocycles. The second-order valence-corrected chi connectivity index (χ2v) is 26.2. The smallest absolute Gasteiger partial charge is 0.271 e. The van der Waals surface area contributed by atoms with Crippen LogP contribution in [0.5, 0.6) is 23.0 Å². The molecule has 0 radical (unpaired) electrons. The molecule has 1 aliphatic carbocycles. The van der Waals surface area contributed by atoms with Crippen molar-refractivity contribution in [3.63, 3.8) is 0 Å². The molecule has 6 rings (SSSR count). The third-order valence-electron chi connectivity index (χ3n) is 12.2. The molecule has 376 valence electrons. The molecular formula is C54H72N2O11S2. The van der Waals surface area contributed by atoms with Crippen molar-refractivity contribution in [3.8, 4) is 23.0 Å². The number of rotatable bonds is 8. The second kappa shape index (κ2) is 19.9. The molecule has 13 nitrogen and oxygen atoms in total. The highest BCUT2D eigenvalue weighted by Gasteiger charge is 2.30. The highest BCUT2D eigenvalue weighted by molar-refractivity contribution is 7.89. The minimum absolute atomic E-state index is 0.171. The van der Waals surface area contributed by atoms with Gasteiger partial charge in [-0.1, -0.05) is 132 Å². The van der Waals surface area contributed by atoms with Gasteiger partial charge in [0.2, 0.25) is 20.0 Å². The van der Waals surface area contributed by atoms with Gasteiger partial charge in [0, 0.05) is 25.7 Å². The predicted octanol–water partition coefficient (Wildman–Crippen LogP) is 8.25. The Hall–Kier alpha value is -5.12. The van der Waals surface area contributed by atoms with Gasteiger partial charge in [-0.15, -0.1) is 0 Å². The maximum atomic E-state index is 13.3. The number of carbonyl (C=O) groups excluding carboxylic acids is 2. The summed E-state index contributed by atoms with van der Waals surface area (Å²) in [5, 5.41) is 0. The zero-order valence-electron chi connectivity index (χ0n) is 43.0. The lowest BCUT2D eigenvalue weighted by atomic mass is 9.79. The van der Waals surface area contributed by atoms with Crippen LogP contribution in [-0.2, 0) is 81.7 Å². The van der Waals surface area contributed by atoms with Gasteiger partial charge < -0.3 is 23.7 Å². The standard InChI is InChI=1S/C54H72N2O11S2/c1-51(2,3)41-23-33-19-34-24-42(52(4,5)6)26-36-21-38-28-44(54(10,11)12)30-40(50(38)67-32-46(58)56-69(14,61)62)22-39-29-43(53(7,8)9)27-37(49(39)66-31-45(57)55-68(13,59)60)20-35(25-41)47(33)64-17-15-63-16-18-65-48(34)36/h23-30H,15-22,31-32H2,1-14H3,(H,55,57)(H,56,58). The molecule has 0 spiro atoms. The van der Waals surface area contributed by atoms with E-state index in [0.717, 1.165) is 68.1 Å². The summed E-state index contributed by atoms with van der Waals surface area (Å²) >= 11 is 0. The lowest BCUT2D eigenvalue weighted by Crippen LogP contribution is -2.33. The molecule has 0 atom stereocenters. The fraction of sp³-hybridized carbons (Fsp3) is 0.519. The number of nitrogens with one attached hydrogen (secondary N) is 2. The Morgan fingerprint density at radius 2 is 0.696 bits per heavy atom. The maximum Gasteiger partial charge on any atom is 0.271 e. The minimum atomic E-state index is -3.90. The van der Waals surface area contributed by atoms with Crippen molar-refractivity contribution in [1.29, 1.82) is 0 Å². The van der Waals surface area contributed by atoms with Crippen molar-refractivity contribution < 1.29 is 50.1 Å². The Labute approximate surface area is 410 Å². The fourth-order valence-electron chi connectivity index (χ4n) is 8.62. The first-order valence-corrected chi connectivity index (χ1v) is 27.3. The van der Waals surface area contributed by atoms with Crippen molar-refractivity contribution in [2.45, 2.75) is 130 Å². The van der Waals surface area contributed by atoms with Crippen molar-refractivity contribution in [1.82, 2.24) is 9.44 Å². The molecule has 1 aliphatic heterocycles. The summed E-state index contributed by atoms with van der Waals surface area (Å²) in [5.74, 6) is 0.490. The Morgan fingerprint density at radius 1 is 0.449 bits per heavy atom. The highest BCUT2D eigenvalue weighted by Crippen LogP contribution is 2.44. The van der Waals surface area contributed by atoms with Crippen LogP contribution in [0.3, 0.4) is 0 Å². The number of ether oxygens (including phenoxy) is 5. The van der Waals surface area contributed by atoms with Crippen LogP contribution < -0.4 is 28.4 Å². The van der Waals surface area contributed by atoms with Gasteiger partial charge in [-0.3, -0.25) is 19.0 Å². The van der Waals surface area contributed by atoms with Gasteiger partial charge in [-0.25, -0.2) is 16.8 Å². The molecule has 0 saturated heterocycles. The SMILES string of the molecule is CC(C)(C)c1cc2c3c(c1)Cc1cc(C(C)(C)C)cc(c1OCC(=O)NS(C)(=O)=O)Cc1cc(C(C)(C)C)cc(c1OCC(=O)NS(C)(=O)=O)Cc1cc(C(C)(C)C)cc(c1OCCOCCO3)C2. The van der Waals surface area contributed by atoms with E-state index in [9.17, 15) is 26.4 Å². The molecule has 0 saturated carbocycles. The molecular weight excluding hydrogens is 917 g/mol. The number of carbonyl (C=O) groups is 2. The monoisotopic (exact) mass is 988 g/mol. The number of amides is 2. The van der Waals surface area contributed by atoms with E-state index >= 15 is 0 Å². The third-order valence-corrected chi connectivity index (χ3v) is 13.4. The van der Waals surface area contributed by atoms with Crippen LogP contribution in [-0.4, -0.2) is 80.8 Å². The fourth-order valence-corrected chi connectivity index (χ4v) is 9.56. The van der Waals surface area contributed by atoms with Gasteiger partial charge in [0.05, 0.1) is 25.7 Å². The van der Waals surface area contributed by atoms with Gasteiger partial charge in [0.1, 0.15) is 36.2 Å². The average Bonchev–Trinajstić information content (AvgIpc) is 3.17. The zero-order chi connectivity index (χ0) is 51.1. The van der Waals surface area contributed by atoms with Crippen LogP contribution in [0.25, 0.3) is 0 Å². The van der Waals surface area contributed by atoms with Gasteiger partial charge in [0.15, 0.2) is 13.2 Å². The van der Waals surface area contributed by atoms with E-state index in [2.05, 4.69) is 119 Å². The number of benzene rings is 4. The van der Waals surface area contributed by atoms with Crippen LogP contribution in [0.15, 0.2) is 48.5 Å². The molecule has 15 heteroatoms. The first kappa shape index (κ1) is 53.2. The van der Waals surface area contributed by atoms with Crippen LogP contribution in [0.1, 0.15) is 150 Å². The summed E-state index contributed by atoms with van der Waals surface area (Å²) in [6.07, 6.45) is 3.04. The molecule has 2 amide bonds. The maximum absolute atomic E-state index is 13.3. The van der Waals surface area contributed by atoms with Crippen LogP contribution in [0, 0.1) is 0 Å². The van der Waals surface area contributed by atoms with Gasteiger partial charge in [0.25, 0.3) is 11.8 Å². The molecule has 0 unspecified atom stereocenters. The zero-order valence-corrected chi connectivity index (χ0v) is 44.6. The minimum Gasteiger partial charge on any atom is -0.491 e.